The fourth-order valence-corrected chi connectivity index (χ4v) is 1.75. The van der Waals surface area contributed by atoms with Gasteiger partial charge >= 0.3 is 0 Å². The summed E-state index contributed by atoms with van der Waals surface area (Å²) in [5.41, 5.74) is 3.16. The van der Waals surface area contributed by atoms with E-state index in [2.05, 4.69) is 34.5 Å². The van der Waals surface area contributed by atoms with Crippen LogP contribution in [-0.2, 0) is 17.1 Å². The predicted molar refractivity (Wildman–Crippen MR) is 93.0 cm³/mol. The van der Waals surface area contributed by atoms with Crippen molar-refractivity contribution in [3.63, 3.8) is 0 Å². The smallest absolute Gasteiger partial charge is 0.0701 e. The fraction of sp³-hybridized carbons (Fsp3) is 0.278. The third kappa shape index (κ3) is 11.8. The van der Waals surface area contributed by atoms with Crippen molar-refractivity contribution in [3.8, 4) is 0 Å². The molecule has 4 nitrogen and oxygen atoms in total. The Morgan fingerprint density at radius 2 is 1.67 bits per heavy atom. The van der Waals surface area contributed by atoms with Gasteiger partial charge in [0.25, 0.3) is 0 Å². The van der Waals surface area contributed by atoms with Gasteiger partial charge in [0.15, 0.2) is 0 Å². The van der Waals surface area contributed by atoms with Gasteiger partial charge in [-0.2, -0.15) is 0 Å². The summed E-state index contributed by atoms with van der Waals surface area (Å²) in [6, 6.07) is 16.0. The normalized spacial score (nSPS) is 8.58. The van der Waals surface area contributed by atoms with Crippen LogP contribution in [0.2, 0.25) is 0 Å². The molecule has 0 amide bonds. The van der Waals surface area contributed by atoms with Crippen molar-refractivity contribution in [1.82, 2.24) is 15.4 Å². The first-order valence-electron chi connectivity index (χ1n) is 7.63. The Hall–Kier alpha value is -1.72. The summed E-state index contributed by atoms with van der Waals surface area (Å²) in [7, 11) is 0. The molecule has 0 unspecified atom stereocenters. The molecule has 3 aromatic rings. The number of para-hydroxylation sites is 1. The van der Waals surface area contributed by atoms with Crippen molar-refractivity contribution in [3.05, 3.63) is 67.1 Å². The molecule has 0 bridgehead atoms. The van der Waals surface area contributed by atoms with E-state index in [0.29, 0.717) is 0 Å². The molecule has 3 N–H and O–H groups in total. The zero-order valence-corrected chi connectivity index (χ0v) is 14.7. The molecule has 0 spiro atoms. The number of aromatic amines is 1. The first kappa shape index (κ1) is 24.5. The van der Waals surface area contributed by atoms with E-state index in [4.69, 9.17) is 5.21 Å². The maximum Gasteiger partial charge on any atom is 0.0701 e. The SMILES string of the molecule is CCCCCNO.[Cu].[F].c1cc[nH]c1.c1ccc2ncccc2c1. The Labute approximate surface area is 153 Å². The third-order valence-corrected chi connectivity index (χ3v) is 2.90. The number of nitrogens with zero attached hydrogens (tertiary/aromatic N) is 1. The van der Waals surface area contributed by atoms with Crippen LogP contribution in [0, 0.1) is 0 Å². The number of H-pyrrole nitrogens is 1. The largest absolute Gasteiger partial charge is 0.368 e. The van der Waals surface area contributed by atoms with Gasteiger partial charge in [0.05, 0.1) is 5.52 Å². The van der Waals surface area contributed by atoms with Crippen molar-refractivity contribution >= 4 is 10.9 Å². The molecule has 2 aromatic heterocycles. The Morgan fingerprint density at radius 1 is 1.00 bits per heavy atom. The zero-order chi connectivity index (χ0) is 15.9. The maximum absolute atomic E-state index is 8.04. The molecular weight excluding hydrogens is 357 g/mol. The van der Waals surface area contributed by atoms with Gasteiger partial charge in [-0.1, -0.05) is 44.0 Å². The number of halogens is 1. The number of pyridine rings is 1. The van der Waals surface area contributed by atoms with Crippen LogP contribution >= 0.6 is 0 Å². The summed E-state index contributed by atoms with van der Waals surface area (Å²) in [6.07, 6.45) is 9.05. The molecule has 0 aliphatic heterocycles. The minimum atomic E-state index is 0. The van der Waals surface area contributed by atoms with Crippen molar-refractivity contribution in [2.24, 2.45) is 0 Å². The van der Waals surface area contributed by atoms with Gasteiger partial charge in [-0.15, -0.1) is 0 Å². The van der Waals surface area contributed by atoms with Gasteiger partial charge in [0.2, 0.25) is 0 Å². The second-order valence-electron chi connectivity index (χ2n) is 4.70. The van der Waals surface area contributed by atoms with Crippen molar-refractivity contribution in [2.45, 2.75) is 26.2 Å². The molecule has 0 aliphatic rings. The molecule has 0 aliphatic carbocycles. The molecule has 0 saturated heterocycles. The van der Waals surface area contributed by atoms with Gasteiger partial charge in [-0.25, -0.2) is 5.48 Å². The van der Waals surface area contributed by atoms with Crippen LogP contribution in [0.4, 0.5) is 4.70 Å². The number of hydrogen-bond donors (Lipinski definition) is 3. The predicted octanol–water partition coefficient (Wildman–Crippen LogP) is 4.82. The van der Waals surface area contributed by atoms with Gasteiger partial charge in [-0.3, -0.25) is 4.98 Å². The summed E-state index contributed by atoms with van der Waals surface area (Å²) < 4.78 is 0. The molecule has 3 rings (SSSR count). The molecule has 136 valence electrons. The zero-order valence-electron chi connectivity index (χ0n) is 13.8. The monoisotopic (exact) mass is 381 g/mol. The van der Waals surface area contributed by atoms with Crippen molar-refractivity contribution in [1.29, 1.82) is 0 Å². The Morgan fingerprint density at radius 3 is 2.21 bits per heavy atom. The van der Waals surface area contributed by atoms with E-state index in [0.717, 1.165) is 18.5 Å². The van der Waals surface area contributed by atoms with Gasteiger partial charge in [-0.05, 0) is 30.7 Å². The molecule has 24 heavy (non-hydrogen) atoms. The number of hydrogen-bond acceptors (Lipinski definition) is 3. The molecule has 1 aromatic carbocycles. The molecule has 6 heteroatoms. The van der Waals surface area contributed by atoms with E-state index >= 15 is 0 Å². The maximum atomic E-state index is 8.04. The molecular formula is C18H25CuFN3O. The standard InChI is InChI=1S/C9H7N.C5H13NO.C4H5N.Cu.F/c1-2-6-9-8(4-1)5-3-7-10-9;1-2-3-4-5-6-7;1-2-4-5-3-1;;/h1-7H;6-7H,2-5H2,1H3;1-5H;;. The van der Waals surface area contributed by atoms with Crippen molar-refractivity contribution < 1.29 is 27.0 Å². The summed E-state index contributed by atoms with van der Waals surface area (Å²) in [6.45, 7) is 2.87. The average Bonchev–Trinajstić information content (AvgIpc) is 3.16. The molecule has 2 heterocycles. The van der Waals surface area contributed by atoms with Crippen LogP contribution in [0.5, 0.6) is 0 Å². The van der Waals surface area contributed by atoms with Gasteiger partial charge in [0, 0.05) is 52.3 Å². The Bertz CT molecular complexity index is 507. The van der Waals surface area contributed by atoms with Crippen LogP contribution in [0.3, 0.4) is 0 Å². The van der Waals surface area contributed by atoms with Crippen LogP contribution in [0.15, 0.2) is 67.1 Å². The first-order valence-corrected chi connectivity index (χ1v) is 7.63. The number of hydroxylamine groups is 1. The van der Waals surface area contributed by atoms with E-state index in [9.17, 15) is 0 Å². The first-order chi connectivity index (χ1) is 10.9. The van der Waals surface area contributed by atoms with E-state index in [-0.39, 0.29) is 21.8 Å². The van der Waals surface area contributed by atoms with E-state index in [1.807, 2.05) is 55.0 Å². The summed E-state index contributed by atoms with van der Waals surface area (Å²) in [5.74, 6) is 0. The number of unbranched alkanes of at least 4 members (excludes halogenated alkanes) is 2. The second kappa shape index (κ2) is 17.6. The summed E-state index contributed by atoms with van der Waals surface area (Å²) in [5, 5.41) is 9.24. The summed E-state index contributed by atoms with van der Waals surface area (Å²) in [4.78, 5) is 7.04. The van der Waals surface area contributed by atoms with Crippen LogP contribution in [-0.4, -0.2) is 21.7 Å². The number of rotatable bonds is 4. The molecule has 0 fully saturated rings. The quantitative estimate of drug-likeness (QED) is 0.345. The van der Waals surface area contributed by atoms with E-state index in [1.165, 1.54) is 18.2 Å². The van der Waals surface area contributed by atoms with Crippen LogP contribution in [0.25, 0.3) is 10.9 Å². The molecule has 0 atom stereocenters. The van der Waals surface area contributed by atoms with Crippen molar-refractivity contribution in [2.75, 3.05) is 6.54 Å². The van der Waals surface area contributed by atoms with Gasteiger partial charge < -0.3 is 10.2 Å². The molecule has 0 saturated carbocycles. The van der Waals surface area contributed by atoms with Crippen LogP contribution in [0.1, 0.15) is 26.2 Å². The van der Waals surface area contributed by atoms with Gasteiger partial charge in [0.1, 0.15) is 0 Å². The fourth-order valence-electron chi connectivity index (χ4n) is 1.75. The topological polar surface area (TPSA) is 60.9 Å². The number of nitrogens with one attached hydrogen (secondary N) is 2. The Kier molecular flexibility index (Phi) is 18.0. The minimum Gasteiger partial charge on any atom is -0.368 e. The van der Waals surface area contributed by atoms with E-state index < -0.39 is 0 Å². The molecule has 2 radical (unpaired) electrons. The average molecular weight is 382 g/mol. The van der Waals surface area contributed by atoms with E-state index in [1.54, 1.807) is 0 Å². The number of aromatic nitrogens is 2. The number of benzene rings is 1. The minimum absolute atomic E-state index is 0. The van der Waals surface area contributed by atoms with Crippen LogP contribution < -0.4 is 5.48 Å². The summed E-state index contributed by atoms with van der Waals surface area (Å²) >= 11 is 0. The number of fused-ring (bicyclic) bond motifs is 1. The third-order valence-electron chi connectivity index (χ3n) is 2.90. The Balaban J connectivity index is 0. The second-order valence-corrected chi connectivity index (χ2v) is 4.70.